The molecule has 1 heterocycles. The second kappa shape index (κ2) is 10.3. The molecule has 0 fully saturated rings. The Bertz CT molecular complexity index is 1260. The third-order valence-electron chi connectivity index (χ3n) is 4.43. The SMILES string of the molecule is CCOc1ccccc1NC(=O)CSc1nnc(NC(=O)c2ccc3ccccc3c2)s1. The Balaban J connectivity index is 1.32. The molecule has 0 radical (unpaired) electrons. The van der Waals surface area contributed by atoms with Crippen LogP contribution in [0.3, 0.4) is 0 Å². The number of thioether (sulfide) groups is 1. The van der Waals surface area contributed by atoms with Crippen molar-refractivity contribution >= 4 is 56.5 Å². The fourth-order valence-corrected chi connectivity index (χ4v) is 4.53. The topological polar surface area (TPSA) is 93.2 Å². The zero-order chi connectivity index (χ0) is 22.3. The zero-order valence-corrected chi connectivity index (χ0v) is 18.8. The van der Waals surface area contributed by atoms with Gasteiger partial charge in [0.05, 0.1) is 18.0 Å². The molecule has 0 saturated carbocycles. The van der Waals surface area contributed by atoms with Crippen LogP contribution in [0.15, 0.2) is 71.1 Å². The van der Waals surface area contributed by atoms with Crippen molar-refractivity contribution in [2.75, 3.05) is 23.0 Å². The third-order valence-corrected chi connectivity index (χ3v) is 6.40. The minimum Gasteiger partial charge on any atom is -0.492 e. The number of para-hydroxylation sites is 2. The molecule has 0 atom stereocenters. The van der Waals surface area contributed by atoms with E-state index in [-0.39, 0.29) is 17.6 Å². The molecule has 2 amide bonds. The first kappa shape index (κ1) is 21.8. The molecular formula is C23H20N4O3S2. The van der Waals surface area contributed by atoms with Gasteiger partial charge in [0.25, 0.3) is 5.91 Å². The first-order valence-electron chi connectivity index (χ1n) is 9.90. The standard InChI is InChI=1S/C23H20N4O3S2/c1-2-30-19-10-6-5-9-18(19)24-20(28)14-31-23-27-26-22(32-23)25-21(29)17-12-11-15-7-3-4-8-16(15)13-17/h3-13H,2,14H2,1H3,(H,24,28)(H,25,26,29). The summed E-state index contributed by atoms with van der Waals surface area (Å²) in [6, 6.07) is 20.7. The fraction of sp³-hybridized carbons (Fsp3) is 0.130. The van der Waals surface area contributed by atoms with Gasteiger partial charge in [0.15, 0.2) is 4.34 Å². The lowest BCUT2D eigenvalue weighted by atomic mass is 10.1. The predicted octanol–water partition coefficient (Wildman–Crippen LogP) is 5.07. The van der Waals surface area contributed by atoms with Crippen molar-refractivity contribution in [1.82, 2.24) is 10.2 Å². The van der Waals surface area contributed by atoms with Crippen LogP contribution in [0.1, 0.15) is 17.3 Å². The van der Waals surface area contributed by atoms with Gasteiger partial charge in [-0.3, -0.25) is 14.9 Å². The summed E-state index contributed by atoms with van der Waals surface area (Å²) in [5.74, 6) is 0.351. The Hall–Kier alpha value is -3.43. The molecule has 162 valence electrons. The molecule has 3 aromatic carbocycles. The highest BCUT2D eigenvalue weighted by molar-refractivity contribution is 8.01. The Morgan fingerprint density at radius 2 is 1.75 bits per heavy atom. The van der Waals surface area contributed by atoms with Crippen LogP contribution in [0.5, 0.6) is 5.75 Å². The van der Waals surface area contributed by atoms with Gasteiger partial charge in [-0.15, -0.1) is 10.2 Å². The van der Waals surface area contributed by atoms with Crippen LogP contribution in [-0.2, 0) is 4.79 Å². The number of ether oxygens (including phenoxy) is 1. The Labute approximate surface area is 193 Å². The van der Waals surface area contributed by atoms with Crippen LogP contribution >= 0.6 is 23.1 Å². The van der Waals surface area contributed by atoms with Gasteiger partial charge in [-0.2, -0.15) is 0 Å². The average molecular weight is 465 g/mol. The molecule has 4 rings (SSSR count). The molecule has 32 heavy (non-hydrogen) atoms. The van der Waals surface area contributed by atoms with Crippen LogP contribution < -0.4 is 15.4 Å². The number of carbonyl (C=O) groups is 2. The van der Waals surface area contributed by atoms with E-state index >= 15 is 0 Å². The summed E-state index contributed by atoms with van der Waals surface area (Å²) >= 11 is 2.48. The summed E-state index contributed by atoms with van der Waals surface area (Å²) in [6.07, 6.45) is 0. The normalized spacial score (nSPS) is 10.7. The van der Waals surface area contributed by atoms with E-state index in [4.69, 9.17) is 4.74 Å². The van der Waals surface area contributed by atoms with Crippen molar-refractivity contribution in [3.8, 4) is 5.75 Å². The number of hydrogen-bond acceptors (Lipinski definition) is 7. The van der Waals surface area contributed by atoms with Crippen molar-refractivity contribution in [3.63, 3.8) is 0 Å². The van der Waals surface area contributed by atoms with Crippen LogP contribution in [0.4, 0.5) is 10.8 Å². The van der Waals surface area contributed by atoms with Crippen molar-refractivity contribution < 1.29 is 14.3 Å². The minimum absolute atomic E-state index is 0.160. The number of nitrogens with one attached hydrogen (secondary N) is 2. The third kappa shape index (κ3) is 5.43. The number of nitrogens with zero attached hydrogens (tertiary/aromatic N) is 2. The number of hydrogen-bond donors (Lipinski definition) is 2. The van der Waals surface area contributed by atoms with Crippen LogP contribution in [0, 0.1) is 0 Å². The Morgan fingerprint density at radius 3 is 2.59 bits per heavy atom. The monoisotopic (exact) mass is 464 g/mol. The summed E-state index contributed by atoms with van der Waals surface area (Å²) in [7, 11) is 0. The average Bonchev–Trinajstić information content (AvgIpc) is 3.26. The molecule has 0 saturated heterocycles. The number of amides is 2. The largest absolute Gasteiger partial charge is 0.492 e. The molecular weight excluding hydrogens is 444 g/mol. The Kier molecular flexibility index (Phi) is 6.98. The predicted molar refractivity (Wildman–Crippen MR) is 129 cm³/mol. The molecule has 1 aromatic heterocycles. The maximum Gasteiger partial charge on any atom is 0.257 e. The molecule has 0 aliphatic carbocycles. The van der Waals surface area contributed by atoms with E-state index in [1.807, 2.05) is 61.5 Å². The van der Waals surface area contributed by atoms with Gasteiger partial charge in [-0.25, -0.2) is 0 Å². The molecule has 4 aromatic rings. The number of anilines is 2. The zero-order valence-electron chi connectivity index (χ0n) is 17.2. The number of carbonyl (C=O) groups excluding carboxylic acids is 2. The van der Waals surface area contributed by atoms with Gasteiger partial charge in [-0.05, 0) is 42.0 Å². The molecule has 0 aliphatic heterocycles. The number of rotatable bonds is 8. The number of benzene rings is 3. The molecule has 0 bridgehead atoms. The smallest absolute Gasteiger partial charge is 0.257 e. The lowest BCUT2D eigenvalue weighted by Crippen LogP contribution is -2.14. The van der Waals surface area contributed by atoms with Gasteiger partial charge >= 0.3 is 0 Å². The van der Waals surface area contributed by atoms with Crippen molar-refractivity contribution in [2.45, 2.75) is 11.3 Å². The van der Waals surface area contributed by atoms with Crippen molar-refractivity contribution in [1.29, 1.82) is 0 Å². The highest BCUT2D eigenvalue weighted by atomic mass is 32.2. The summed E-state index contributed by atoms with van der Waals surface area (Å²) in [5.41, 5.74) is 1.17. The van der Waals surface area contributed by atoms with Gasteiger partial charge in [-0.1, -0.05) is 65.6 Å². The van der Waals surface area contributed by atoms with E-state index in [0.717, 1.165) is 10.8 Å². The molecule has 7 nitrogen and oxygen atoms in total. The molecule has 2 N–H and O–H groups in total. The molecule has 9 heteroatoms. The molecule has 0 unspecified atom stereocenters. The second-order valence-corrected chi connectivity index (χ2v) is 8.86. The van der Waals surface area contributed by atoms with Gasteiger partial charge in [0.1, 0.15) is 5.75 Å². The van der Waals surface area contributed by atoms with E-state index < -0.39 is 0 Å². The lowest BCUT2D eigenvalue weighted by Gasteiger charge is -2.10. The highest BCUT2D eigenvalue weighted by Gasteiger charge is 2.13. The Morgan fingerprint density at radius 1 is 0.969 bits per heavy atom. The number of aromatic nitrogens is 2. The maximum atomic E-state index is 12.6. The number of fused-ring (bicyclic) bond motifs is 1. The maximum absolute atomic E-state index is 12.6. The summed E-state index contributed by atoms with van der Waals surface area (Å²) in [4.78, 5) is 24.9. The molecule has 0 spiro atoms. The van der Waals surface area contributed by atoms with E-state index in [1.165, 1.54) is 23.1 Å². The van der Waals surface area contributed by atoms with Crippen LogP contribution in [0.25, 0.3) is 10.8 Å². The summed E-state index contributed by atoms with van der Waals surface area (Å²) in [5, 5.41) is 16.1. The van der Waals surface area contributed by atoms with Crippen LogP contribution in [0.2, 0.25) is 0 Å². The quantitative estimate of drug-likeness (QED) is 0.279. The first-order valence-corrected chi connectivity index (χ1v) is 11.7. The van der Waals surface area contributed by atoms with Gasteiger partial charge in [0.2, 0.25) is 11.0 Å². The van der Waals surface area contributed by atoms with Crippen molar-refractivity contribution in [2.24, 2.45) is 0 Å². The fourth-order valence-electron chi connectivity index (χ4n) is 2.98. The first-order chi connectivity index (χ1) is 15.6. The van der Waals surface area contributed by atoms with Crippen molar-refractivity contribution in [3.05, 3.63) is 72.3 Å². The minimum atomic E-state index is -0.256. The highest BCUT2D eigenvalue weighted by Crippen LogP contribution is 2.27. The second-order valence-electron chi connectivity index (χ2n) is 6.66. The lowest BCUT2D eigenvalue weighted by molar-refractivity contribution is -0.113. The molecule has 0 aliphatic rings. The van der Waals surface area contributed by atoms with Gasteiger partial charge in [0, 0.05) is 5.56 Å². The summed E-state index contributed by atoms with van der Waals surface area (Å²) < 4.78 is 6.11. The van der Waals surface area contributed by atoms with Gasteiger partial charge < -0.3 is 10.1 Å². The van der Waals surface area contributed by atoms with Crippen LogP contribution in [-0.4, -0.2) is 34.4 Å². The van der Waals surface area contributed by atoms with E-state index in [2.05, 4.69) is 20.8 Å². The van der Waals surface area contributed by atoms with E-state index in [1.54, 1.807) is 12.1 Å². The summed E-state index contributed by atoms with van der Waals surface area (Å²) in [6.45, 7) is 2.40. The van der Waals surface area contributed by atoms with E-state index in [9.17, 15) is 9.59 Å². The van der Waals surface area contributed by atoms with E-state index in [0.29, 0.717) is 33.1 Å².